The van der Waals surface area contributed by atoms with Gasteiger partial charge in [-0.3, -0.25) is 0 Å². The van der Waals surface area contributed by atoms with E-state index in [0.29, 0.717) is 5.92 Å². The van der Waals surface area contributed by atoms with Crippen molar-refractivity contribution in [1.82, 2.24) is 9.97 Å². The molecule has 1 aliphatic carbocycles. The van der Waals surface area contributed by atoms with Gasteiger partial charge in [-0.2, -0.15) is 4.98 Å². The fourth-order valence-corrected chi connectivity index (χ4v) is 2.73. The van der Waals surface area contributed by atoms with E-state index in [-0.39, 0.29) is 0 Å². The highest BCUT2D eigenvalue weighted by atomic mass is 16.5. The first-order valence-corrected chi connectivity index (χ1v) is 7.98. The lowest BCUT2D eigenvalue weighted by Gasteiger charge is -2.16. The largest absolute Gasteiger partial charge is 0.477 e. The molecule has 112 valence electrons. The van der Waals surface area contributed by atoms with Crippen LogP contribution in [0.2, 0.25) is 0 Å². The number of aryl methyl sites for hydroxylation is 1. The molecule has 0 aliphatic heterocycles. The molecule has 0 unspecified atom stereocenters. The average Bonchev–Trinajstić information content (AvgIpc) is 2.94. The summed E-state index contributed by atoms with van der Waals surface area (Å²) in [6.45, 7) is 7.94. The Bertz CT molecular complexity index is 428. The number of nitrogens with zero attached hydrogens (tertiary/aromatic N) is 2. The normalized spacial score (nSPS) is 15.6. The minimum absolute atomic E-state index is 0.710. The molecule has 1 fully saturated rings. The van der Waals surface area contributed by atoms with Crippen molar-refractivity contribution in [2.24, 2.45) is 5.92 Å². The standard InChI is InChI=1S/C16H27N3O/c1-4-8-14-18-15(17-5-2)12(3)16(19-14)20-11-13-9-6-7-10-13/h13H,4-11H2,1-3H3,(H,17,18,19). The fraction of sp³-hybridized carbons (Fsp3) is 0.750. The summed E-state index contributed by atoms with van der Waals surface area (Å²) in [7, 11) is 0. The topological polar surface area (TPSA) is 47.0 Å². The lowest BCUT2D eigenvalue weighted by molar-refractivity contribution is 0.241. The molecule has 0 atom stereocenters. The van der Waals surface area contributed by atoms with Crippen molar-refractivity contribution in [3.05, 3.63) is 11.4 Å². The van der Waals surface area contributed by atoms with Gasteiger partial charge in [0, 0.05) is 13.0 Å². The molecule has 1 heterocycles. The maximum Gasteiger partial charge on any atom is 0.221 e. The van der Waals surface area contributed by atoms with Gasteiger partial charge in [0.2, 0.25) is 5.88 Å². The number of nitrogens with one attached hydrogen (secondary N) is 1. The molecule has 1 saturated carbocycles. The van der Waals surface area contributed by atoms with Gasteiger partial charge in [-0.25, -0.2) is 4.98 Å². The van der Waals surface area contributed by atoms with Crippen LogP contribution in [-0.4, -0.2) is 23.1 Å². The van der Waals surface area contributed by atoms with Crippen LogP contribution in [0.15, 0.2) is 0 Å². The maximum atomic E-state index is 6.00. The van der Waals surface area contributed by atoms with Crippen LogP contribution in [0.5, 0.6) is 5.88 Å². The molecule has 0 radical (unpaired) electrons. The van der Waals surface area contributed by atoms with E-state index in [0.717, 1.165) is 49.1 Å². The van der Waals surface area contributed by atoms with Gasteiger partial charge in [0.15, 0.2) is 0 Å². The summed E-state index contributed by atoms with van der Waals surface area (Å²) < 4.78 is 6.00. The molecular formula is C16H27N3O. The molecule has 0 bridgehead atoms. The summed E-state index contributed by atoms with van der Waals surface area (Å²) in [5, 5.41) is 3.31. The van der Waals surface area contributed by atoms with Crippen molar-refractivity contribution in [3.8, 4) is 5.88 Å². The molecule has 1 aromatic heterocycles. The van der Waals surface area contributed by atoms with E-state index in [1.165, 1.54) is 25.7 Å². The number of hydrogen-bond acceptors (Lipinski definition) is 4. The van der Waals surface area contributed by atoms with E-state index >= 15 is 0 Å². The third-order valence-corrected chi connectivity index (χ3v) is 3.90. The molecule has 20 heavy (non-hydrogen) atoms. The SMILES string of the molecule is CCCc1nc(NCC)c(C)c(OCC2CCCC2)n1. The molecule has 1 N–H and O–H groups in total. The van der Waals surface area contributed by atoms with Crippen LogP contribution >= 0.6 is 0 Å². The smallest absolute Gasteiger partial charge is 0.221 e. The third-order valence-electron chi connectivity index (χ3n) is 3.90. The summed E-state index contributed by atoms with van der Waals surface area (Å²) in [5.41, 5.74) is 1.03. The van der Waals surface area contributed by atoms with Crippen molar-refractivity contribution < 1.29 is 4.74 Å². The zero-order chi connectivity index (χ0) is 14.4. The Morgan fingerprint density at radius 1 is 1.20 bits per heavy atom. The van der Waals surface area contributed by atoms with Crippen molar-refractivity contribution >= 4 is 5.82 Å². The van der Waals surface area contributed by atoms with Gasteiger partial charge < -0.3 is 10.1 Å². The lowest BCUT2D eigenvalue weighted by Crippen LogP contribution is -2.13. The first-order valence-electron chi connectivity index (χ1n) is 7.98. The quantitative estimate of drug-likeness (QED) is 0.824. The zero-order valence-electron chi connectivity index (χ0n) is 13.0. The highest BCUT2D eigenvalue weighted by Crippen LogP contribution is 2.27. The predicted molar refractivity (Wildman–Crippen MR) is 82.4 cm³/mol. The summed E-state index contributed by atoms with van der Waals surface area (Å²) in [6, 6.07) is 0. The van der Waals surface area contributed by atoms with Gasteiger partial charge in [0.05, 0.1) is 12.2 Å². The fourth-order valence-electron chi connectivity index (χ4n) is 2.73. The Labute approximate surface area is 122 Å². The van der Waals surface area contributed by atoms with Crippen molar-refractivity contribution in [2.75, 3.05) is 18.5 Å². The van der Waals surface area contributed by atoms with Crippen LogP contribution < -0.4 is 10.1 Å². The number of ether oxygens (including phenoxy) is 1. The number of anilines is 1. The molecule has 0 amide bonds. The van der Waals surface area contributed by atoms with Gasteiger partial charge in [-0.1, -0.05) is 19.8 Å². The van der Waals surface area contributed by atoms with Crippen LogP contribution in [0.1, 0.15) is 57.3 Å². The van der Waals surface area contributed by atoms with Gasteiger partial charge in [0.1, 0.15) is 11.6 Å². The monoisotopic (exact) mass is 277 g/mol. The Balaban J connectivity index is 2.11. The summed E-state index contributed by atoms with van der Waals surface area (Å²) in [6.07, 6.45) is 7.24. The van der Waals surface area contributed by atoms with Crippen molar-refractivity contribution in [1.29, 1.82) is 0 Å². The minimum atomic E-state index is 0.710. The first kappa shape index (κ1) is 15.1. The predicted octanol–water partition coefficient (Wildman–Crippen LogP) is 3.74. The maximum absolute atomic E-state index is 6.00. The molecule has 0 spiro atoms. The summed E-state index contributed by atoms with van der Waals surface area (Å²) >= 11 is 0. The van der Waals surface area contributed by atoms with Gasteiger partial charge in [-0.05, 0) is 39.0 Å². The van der Waals surface area contributed by atoms with E-state index in [9.17, 15) is 0 Å². The van der Waals surface area contributed by atoms with Gasteiger partial charge in [-0.15, -0.1) is 0 Å². The number of hydrogen-bond donors (Lipinski definition) is 1. The molecule has 0 aromatic carbocycles. The Morgan fingerprint density at radius 3 is 2.60 bits per heavy atom. The van der Waals surface area contributed by atoms with E-state index in [1.54, 1.807) is 0 Å². The molecule has 1 aromatic rings. The molecular weight excluding hydrogens is 250 g/mol. The summed E-state index contributed by atoms with van der Waals surface area (Å²) in [4.78, 5) is 9.18. The van der Waals surface area contributed by atoms with Crippen LogP contribution in [0.3, 0.4) is 0 Å². The van der Waals surface area contributed by atoms with E-state index in [2.05, 4.69) is 29.1 Å². The van der Waals surface area contributed by atoms with Crippen molar-refractivity contribution in [3.63, 3.8) is 0 Å². The van der Waals surface area contributed by atoms with Crippen LogP contribution in [0.4, 0.5) is 5.82 Å². The summed E-state index contributed by atoms with van der Waals surface area (Å²) in [5.74, 6) is 3.29. The van der Waals surface area contributed by atoms with Gasteiger partial charge in [0.25, 0.3) is 0 Å². The third kappa shape index (κ3) is 3.84. The molecule has 4 heteroatoms. The first-order chi connectivity index (χ1) is 9.74. The van der Waals surface area contributed by atoms with E-state index < -0.39 is 0 Å². The van der Waals surface area contributed by atoms with Crippen LogP contribution in [0, 0.1) is 12.8 Å². The molecule has 4 nitrogen and oxygen atoms in total. The van der Waals surface area contributed by atoms with Crippen LogP contribution in [0.25, 0.3) is 0 Å². The zero-order valence-corrected chi connectivity index (χ0v) is 13.0. The van der Waals surface area contributed by atoms with Gasteiger partial charge >= 0.3 is 0 Å². The molecule has 1 aliphatic rings. The van der Waals surface area contributed by atoms with E-state index in [1.807, 2.05) is 6.92 Å². The minimum Gasteiger partial charge on any atom is -0.477 e. The second-order valence-electron chi connectivity index (χ2n) is 5.66. The number of rotatable bonds is 7. The lowest BCUT2D eigenvalue weighted by atomic mass is 10.1. The molecule has 0 saturated heterocycles. The number of aromatic nitrogens is 2. The second-order valence-corrected chi connectivity index (χ2v) is 5.66. The van der Waals surface area contributed by atoms with Crippen molar-refractivity contribution in [2.45, 2.75) is 59.3 Å². The Morgan fingerprint density at radius 2 is 1.95 bits per heavy atom. The Kier molecular flexibility index (Phi) is 5.62. The Hall–Kier alpha value is -1.32. The highest BCUT2D eigenvalue weighted by molar-refractivity contribution is 5.48. The second kappa shape index (κ2) is 7.46. The highest BCUT2D eigenvalue weighted by Gasteiger charge is 2.17. The average molecular weight is 277 g/mol. The molecule has 2 rings (SSSR count). The van der Waals surface area contributed by atoms with Crippen LogP contribution in [-0.2, 0) is 6.42 Å². The van der Waals surface area contributed by atoms with E-state index in [4.69, 9.17) is 4.74 Å².